The molecule has 4 aromatic rings. The minimum absolute atomic E-state index is 0.150. The standard InChI is InChI=1S/C13H10F12N2O.C12H8F12N2O2.C9H8F6N2O.C9H9F5N2O/c1-8(10(14,15)16,11(17,18)19)4-2-5(7(27)3-6(4)26)9(28,12(20,21)22)13(23,24)25;13-9(14,15)7(27,10(16,17)18)3-1-5(25)4(2-6(3)26)8(28,11(19,20)21)12(22,23)24;10-8(11,12)7(18,9(13,14)15)4-1-5(16)3-6(17)2-4;10-7(11)8(17,9(12,13)14)5-3-4(15)1-2-6(5)16/h2-3,28H,26-27H2,1H3;1-2,27-28H,25-26H2;1-3,18H,16-17H2;1-3,7,17H,15-16H2. The van der Waals surface area contributed by atoms with Crippen molar-refractivity contribution in [1.82, 2.24) is 0 Å². The van der Waals surface area contributed by atoms with E-state index >= 15 is 0 Å². The topological polar surface area (TPSA) is 309 Å². The maximum absolute atomic E-state index is 13.1. The summed E-state index contributed by atoms with van der Waals surface area (Å²) in [5.41, 5.74) is -12.4. The molecule has 522 valence electrons. The molecule has 0 spiro atoms. The highest BCUT2D eigenvalue weighted by atomic mass is 19.5. The zero-order chi connectivity index (χ0) is 73.2. The van der Waals surface area contributed by atoms with Gasteiger partial charge in [-0.15, -0.1) is 0 Å². The molecule has 0 amide bonds. The third kappa shape index (κ3) is 14.8. The van der Waals surface area contributed by atoms with Crippen molar-refractivity contribution in [3.63, 3.8) is 0 Å². The SMILES string of the molecule is CC(c1cc(C(O)(C(F)(F)F)C(F)(F)F)c(N)cc1N)(C(F)(F)F)C(F)(F)F.Nc1cc(C(O)(C(F)(F)F)C(F)(F)F)c(N)cc1C(O)(C(F)(F)F)C(F)(F)F.Nc1cc(N)cc(C(O)(C(F)(F)F)C(F)(F)F)c1.Nc1ccc(N)c(C(O)(C(F)F)C(F)(F)F)c1. The number of hydrogen-bond acceptors (Lipinski definition) is 13. The molecule has 91 heavy (non-hydrogen) atoms. The molecule has 0 aliphatic rings. The fourth-order valence-corrected chi connectivity index (χ4v) is 7.18. The molecular formula is C43H35F35N8O5. The van der Waals surface area contributed by atoms with E-state index < -0.39 is 206 Å². The summed E-state index contributed by atoms with van der Waals surface area (Å²) in [6.45, 7) is -0.529. The predicted octanol–water partition coefficient (Wildman–Crippen LogP) is 12.1. The number of hydrogen-bond donors (Lipinski definition) is 13. The lowest BCUT2D eigenvalue weighted by atomic mass is 9.77. The van der Waals surface area contributed by atoms with Crippen LogP contribution in [0.25, 0.3) is 0 Å². The average Bonchev–Trinajstić information content (AvgIpc) is 0.735. The van der Waals surface area contributed by atoms with Crippen molar-refractivity contribution < 1.29 is 179 Å². The molecule has 13 nitrogen and oxygen atoms in total. The third-order valence-electron chi connectivity index (χ3n) is 12.2. The van der Waals surface area contributed by atoms with Crippen LogP contribution in [0, 0.1) is 0 Å². The minimum Gasteiger partial charge on any atom is -0.399 e. The van der Waals surface area contributed by atoms with Gasteiger partial charge in [-0.3, -0.25) is 0 Å². The Balaban J connectivity index is 0.000000621. The average molecular weight is 1410 g/mol. The highest BCUT2D eigenvalue weighted by Gasteiger charge is 2.77. The van der Waals surface area contributed by atoms with Crippen molar-refractivity contribution in [2.75, 3.05) is 45.9 Å². The number of nitrogen functional groups attached to an aromatic ring is 8. The zero-order valence-electron chi connectivity index (χ0n) is 42.9. The summed E-state index contributed by atoms with van der Waals surface area (Å²) in [7, 11) is 0. The third-order valence-corrected chi connectivity index (χ3v) is 12.2. The number of aliphatic hydroxyl groups is 5. The monoisotopic (exact) mass is 1410 g/mol. The first-order valence-electron chi connectivity index (χ1n) is 21.9. The quantitative estimate of drug-likeness (QED) is 0.0606. The van der Waals surface area contributed by atoms with Gasteiger partial charge in [0, 0.05) is 73.3 Å². The summed E-state index contributed by atoms with van der Waals surface area (Å²) in [6, 6.07) is 2.07. The van der Waals surface area contributed by atoms with Crippen LogP contribution in [0.5, 0.6) is 0 Å². The maximum Gasteiger partial charge on any atom is 0.430 e. The van der Waals surface area contributed by atoms with Gasteiger partial charge in [-0.05, 0) is 73.2 Å². The van der Waals surface area contributed by atoms with Crippen LogP contribution in [-0.4, -0.2) is 99.9 Å². The molecule has 0 saturated carbocycles. The molecule has 0 aliphatic carbocycles. The largest absolute Gasteiger partial charge is 0.430 e. The fourth-order valence-electron chi connectivity index (χ4n) is 7.18. The lowest BCUT2D eigenvalue weighted by Crippen LogP contribution is -2.55. The Kier molecular flexibility index (Phi) is 22.1. The molecule has 0 heterocycles. The Morgan fingerprint density at radius 2 is 0.527 bits per heavy atom. The molecule has 0 fully saturated rings. The summed E-state index contributed by atoms with van der Waals surface area (Å²) in [6.07, 6.45) is -73.4. The van der Waals surface area contributed by atoms with Crippen LogP contribution in [0.3, 0.4) is 0 Å². The molecule has 1 unspecified atom stereocenters. The number of halogens is 35. The van der Waals surface area contributed by atoms with Crippen molar-refractivity contribution in [2.24, 2.45) is 0 Å². The number of benzene rings is 4. The molecule has 0 radical (unpaired) electrons. The van der Waals surface area contributed by atoms with Gasteiger partial charge in [0.05, 0.1) is 0 Å². The van der Waals surface area contributed by atoms with Gasteiger partial charge < -0.3 is 71.4 Å². The predicted molar refractivity (Wildman–Crippen MR) is 241 cm³/mol. The summed E-state index contributed by atoms with van der Waals surface area (Å²) < 4.78 is 448. The van der Waals surface area contributed by atoms with Gasteiger partial charge in [0.25, 0.3) is 28.8 Å². The Labute approximate surface area is 479 Å². The molecule has 4 rings (SSSR count). The van der Waals surface area contributed by atoms with Crippen LogP contribution in [0.15, 0.2) is 60.7 Å². The minimum atomic E-state index is -6.60. The van der Waals surface area contributed by atoms with Crippen molar-refractivity contribution in [1.29, 1.82) is 0 Å². The number of alkyl halides is 35. The van der Waals surface area contributed by atoms with Crippen LogP contribution in [-0.2, 0) is 33.4 Å². The molecule has 0 bridgehead atoms. The van der Waals surface area contributed by atoms with Gasteiger partial charge in [-0.25, -0.2) is 8.78 Å². The summed E-state index contributed by atoms with van der Waals surface area (Å²) >= 11 is 0. The molecule has 48 heteroatoms. The second kappa shape index (κ2) is 24.6. The van der Waals surface area contributed by atoms with Gasteiger partial charge in [-0.2, -0.15) is 145 Å². The van der Waals surface area contributed by atoms with E-state index in [-0.39, 0.29) is 11.8 Å². The number of anilines is 8. The Morgan fingerprint density at radius 1 is 0.264 bits per heavy atom. The van der Waals surface area contributed by atoms with E-state index in [1.54, 1.807) is 0 Å². The van der Waals surface area contributed by atoms with Gasteiger partial charge in [0.1, 0.15) is 0 Å². The summed E-state index contributed by atoms with van der Waals surface area (Å²) in [5.74, 6) is 0. The highest BCUT2D eigenvalue weighted by molar-refractivity contribution is 5.67. The van der Waals surface area contributed by atoms with Gasteiger partial charge in [-0.1, -0.05) is 0 Å². The molecule has 0 aliphatic heterocycles. The highest BCUT2D eigenvalue weighted by Crippen LogP contribution is 2.59. The van der Waals surface area contributed by atoms with Crippen LogP contribution in [0.1, 0.15) is 40.3 Å². The molecule has 0 saturated heterocycles. The Morgan fingerprint density at radius 3 is 0.780 bits per heavy atom. The van der Waals surface area contributed by atoms with E-state index in [1.165, 1.54) is 0 Å². The number of rotatable bonds is 7. The van der Waals surface area contributed by atoms with Crippen LogP contribution < -0.4 is 45.9 Å². The molecular weight excluding hydrogens is 1370 g/mol. The molecule has 0 aromatic heterocycles. The molecule has 1 atom stereocenters. The van der Waals surface area contributed by atoms with Crippen LogP contribution in [0.2, 0.25) is 0 Å². The first kappa shape index (κ1) is 81.6. The van der Waals surface area contributed by atoms with E-state index in [2.05, 4.69) is 0 Å². The number of nitrogens with two attached hydrogens (primary N) is 8. The first-order valence-corrected chi connectivity index (χ1v) is 21.9. The van der Waals surface area contributed by atoms with Gasteiger partial charge in [0.2, 0.25) is 5.60 Å². The van der Waals surface area contributed by atoms with E-state index in [1.807, 2.05) is 0 Å². The summed E-state index contributed by atoms with van der Waals surface area (Å²) in [4.78, 5) is 0. The summed E-state index contributed by atoms with van der Waals surface area (Å²) in [5, 5.41) is 45.9. The van der Waals surface area contributed by atoms with Crippen LogP contribution in [0.4, 0.5) is 199 Å². The van der Waals surface area contributed by atoms with E-state index in [0.29, 0.717) is 18.2 Å². The lowest BCUT2D eigenvalue weighted by molar-refractivity contribution is -0.377. The fraction of sp³-hybridized carbons (Fsp3) is 0.442. The second-order valence-electron chi connectivity index (χ2n) is 18.3. The zero-order valence-corrected chi connectivity index (χ0v) is 42.9. The first-order chi connectivity index (χ1) is 39.6. The van der Waals surface area contributed by atoms with E-state index in [9.17, 15) is 174 Å². The van der Waals surface area contributed by atoms with Crippen molar-refractivity contribution >= 4 is 45.5 Å². The van der Waals surface area contributed by atoms with Gasteiger partial charge >= 0.3 is 67.9 Å². The molecule has 4 aromatic carbocycles. The van der Waals surface area contributed by atoms with Gasteiger partial charge in [0.15, 0.2) is 5.41 Å². The normalized spacial score (nSPS) is 15.0. The Bertz CT molecular complexity index is 2980. The van der Waals surface area contributed by atoms with Crippen molar-refractivity contribution in [2.45, 2.75) is 115 Å². The van der Waals surface area contributed by atoms with Crippen molar-refractivity contribution in [3.8, 4) is 0 Å². The lowest BCUT2D eigenvalue weighted by Gasteiger charge is -2.38. The van der Waals surface area contributed by atoms with E-state index in [0.717, 1.165) is 18.2 Å². The van der Waals surface area contributed by atoms with Crippen LogP contribution >= 0.6 is 0 Å². The molecule has 21 N–H and O–H groups in total. The second-order valence-corrected chi connectivity index (χ2v) is 18.3. The Hall–Kier alpha value is -7.37. The maximum atomic E-state index is 13.1. The van der Waals surface area contributed by atoms with Crippen molar-refractivity contribution in [3.05, 3.63) is 94.0 Å². The smallest absolute Gasteiger partial charge is 0.399 e. The van der Waals surface area contributed by atoms with E-state index in [4.69, 9.17) is 51.0 Å².